The summed E-state index contributed by atoms with van der Waals surface area (Å²) in [5.74, 6) is 0. The third-order valence-corrected chi connectivity index (χ3v) is 4.77. The minimum Gasteiger partial charge on any atom is -0.385 e. The molecule has 0 aliphatic heterocycles. The predicted octanol–water partition coefficient (Wildman–Crippen LogP) is 3.15. The van der Waals surface area contributed by atoms with Crippen LogP contribution in [0.15, 0.2) is 24.3 Å². The van der Waals surface area contributed by atoms with Gasteiger partial charge in [-0.15, -0.1) is 0 Å². The second kappa shape index (κ2) is 4.90. The van der Waals surface area contributed by atoms with Gasteiger partial charge in [0.1, 0.15) is 5.15 Å². The molecule has 1 aromatic carbocycles. The fraction of sp³-hybridized carbons (Fsp3) is 0.438. The Bertz CT molecular complexity index is 650. The molecule has 4 heteroatoms. The molecule has 0 spiro atoms. The first-order chi connectivity index (χ1) is 9.51. The standard InChI is InChI=1S/C16H19ClN2O/c1-11-13(15(17)19(2)18-11)10-16(20)9-5-7-12-6-3-4-8-14(12)16/h3-4,6,8,20H,5,7,9-10H2,1-2H3. The van der Waals surface area contributed by atoms with Gasteiger partial charge in [-0.25, -0.2) is 0 Å². The zero-order valence-electron chi connectivity index (χ0n) is 11.9. The molecule has 0 amide bonds. The van der Waals surface area contributed by atoms with Gasteiger partial charge in [0.25, 0.3) is 0 Å². The van der Waals surface area contributed by atoms with E-state index in [4.69, 9.17) is 11.6 Å². The molecule has 0 fully saturated rings. The number of benzene rings is 1. The van der Waals surface area contributed by atoms with Crippen LogP contribution in [0.4, 0.5) is 0 Å². The highest BCUT2D eigenvalue weighted by atomic mass is 35.5. The first kappa shape index (κ1) is 13.7. The third kappa shape index (κ3) is 2.15. The zero-order valence-corrected chi connectivity index (χ0v) is 12.6. The summed E-state index contributed by atoms with van der Waals surface area (Å²) in [5.41, 5.74) is 3.32. The van der Waals surface area contributed by atoms with E-state index >= 15 is 0 Å². The molecule has 1 heterocycles. The van der Waals surface area contributed by atoms with Gasteiger partial charge in [0.2, 0.25) is 0 Å². The van der Waals surface area contributed by atoms with Crippen molar-refractivity contribution in [3.05, 3.63) is 51.8 Å². The molecular formula is C16H19ClN2O. The summed E-state index contributed by atoms with van der Waals surface area (Å²) in [4.78, 5) is 0. The minimum absolute atomic E-state index is 0.530. The van der Waals surface area contributed by atoms with Crippen molar-refractivity contribution >= 4 is 11.6 Å². The Balaban J connectivity index is 2.02. The number of aliphatic hydroxyl groups is 1. The van der Waals surface area contributed by atoms with Crippen LogP contribution in [-0.4, -0.2) is 14.9 Å². The lowest BCUT2D eigenvalue weighted by atomic mass is 9.76. The molecule has 20 heavy (non-hydrogen) atoms. The maximum Gasteiger partial charge on any atom is 0.130 e. The average Bonchev–Trinajstić information content (AvgIpc) is 2.66. The van der Waals surface area contributed by atoms with Gasteiger partial charge in [0.15, 0.2) is 0 Å². The average molecular weight is 291 g/mol. The molecule has 0 saturated heterocycles. The molecule has 0 bridgehead atoms. The Morgan fingerprint density at radius 1 is 1.40 bits per heavy atom. The lowest BCUT2D eigenvalue weighted by molar-refractivity contribution is 0.0189. The van der Waals surface area contributed by atoms with Crippen molar-refractivity contribution in [3.8, 4) is 0 Å². The van der Waals surface area contributed by atoms with Gasteiger partial charge in [-0.1, -0.05) is 35.9 Å². The van der Waals surface area contributed by atoms with Crippen LogP contribution in [0.5, 0.6) is 0 Å². The number of halogens is 1. The predicted molar refractivity (Wildman–Crippen MR) is 79.9 cm³/mol. The van der Waals surface area contributed by atoms with Crippen LogP contribution >= 0.6 is 11.6 Å². The van der Waals surface area contributed by atoms with E-state index in [-0.39, 0.29) is 0 Å². The molecule has 1 aliphatic carbocycles. The summed E-state index contributed by atoms with van der Waals surface area (Å²) >= 11 is 6.31. The molecular weight excluding hydrogens is 272 g/mol. The van der Waals surface area contributed by atoms with Crippen LogP contribution in [-0.2, 0) is 25.5 Å². The van der Waals surface area contributed by atoms with Crippen molar-refractivity contribution in [2.24, 2.45) is 7.05 Å². The second-order valence-electron chi connectivity index (χ2n) is 5.70. The number of fused-ring (bicyclic) bond motifs is 1. The van der Waals surface area contributed by atoms with E-state index in [0.717, 1.165) is 36.1 Å². The lowest BCUT2D eigenvalue weighted by Crippen LogP contribution is -2.33. The lowest BCUT2D eigenvalue weighted by Gasteiger charge is -2.34. The van der Waals surface area contributed by atoms with Gasteiger partial charge in [-0.3, -0.25) is 4.68 Å². The number of hydrogen-bond acceptors (Lipinski definition) is 2. The highest BCUT2D eigenvalue weighted by Crippen LogP contribution is 2.39. The first-order valence-electron chi connectivity index (χ1n) is 7.00. The molecule has 1 atom stereocenters. The maximum atomic E-state index is 11.1. The SMILES string of the molecule is Cc1nn(C)c(Cl)c1CC1(O)CCCc2ccccc21. The highest BCUT2D eigenvalue weighted by Gasteiger charge is 2.35. The van der Waals surface area contributed by atoms with Crippen LogP contribution in [0, 0.1) is 6.92 Å². The van der Waals surface area contributed by atoms with E-state index in [1.54, 1.807) is 4.68 Å². The van der Waals surface area contributed by atoms with Gasteiger partial charge in [-0.2, -0.15) is 5.10 Å². The smallest absolute Gasteiger partial charge is 0.130 e. The van der Waals surface area contributed by atoms with E-state index in [2.05, 4.69) is 11.2 Å². The fourth-order valence-electron chi connectivity index (χ4n) is 3.25. The fourth-order valence-corrected chi connectivity index (χ4v) is 3.49. The van der Waals surface area contributed by atoms with Crippen molar-refractivity contribution in [1.29, 1.82) is 0 Å². The van der Waals surface area contributed by atoms with Gasteiger partial charge in [0, 0.05) is 19.0 Å². The molecule has 1 unspecified atom stereocenters. The Morgan fingerprint density at radius 2 is 2.15 bits per heavy atom. The van der Waals surface area contributed by atoms with E-state index in [1.807, 2.05) is 32.2 Å². The van der Waals surface area contributed by atoms with Gasteiger partial charge >= 0.3 is 0 Å². The van der Waals surface area contributed by atoms with Gasteiger partial charge < -0.3 is 5.11 Å². The van der Waals surface area contributed by atoms with Crippen molar-refractivity contribution in [3.63, 3.8) is 0 Å². The Labute approximate surface area is 124 Å². The normalized spacial score (nSPS) is 21.8. The summed E-state index contributed by atoms with van der Waals surface area (Å²) in [6.45, 7) is 1.94. The molecule has 0 radical (unpaired) electrons. The summed E-state index contributed by atoms with van der Waals surface area (Å²) in [6.07, 6.45) is 3.35. The van der Waals surface area contributed by atoms with Crippen LogP contribution in [0.2, 0.25) is 5.15 Å². The first-order valence-corrected chi connectivity index (χ1v) is 7.38. The van der Waals surface area contributed by atoms with Crippen LogP contribution in [0.1, 0.15) is 35.2 Å². The van der Waals surface area contributed by atoms with Crippen molar-refractivity contribution in [2.45, 2.75) is 38.2 Å². The monoisotopic (exact) mass is 290 g/mol. The Hall–Kier alpha value is -1.32. The molecule has 1 N–H and O–H groups in total. The van der Waals surface area contributed by atoms with Crippen LogP contribution in [0.25, 0.3) is 0 Å². The molecule has 3 nitrogen and oxygen atoms in total. The summed E-state index contributed by atoms with van der Waals surface area (Å²) < 4.78 is 1.67. The summed E-state index contributed by atoms with van der Waals surface area (Å²) in [7, 11) is 1.83. The van der Waals surface area contributed by atoms with E-state index in [1.165, 1.54) is 5.56 Å². The quantitative estimate of drug-likeness (QED) is 0.923. The van der Waals surface area contributed by atoms with E-state index in [9.17, 15) is 5.11 Å². The number of aromatic nitrogens is 2. The van der Waals surface area contributed by atoms with Crippen molar-refractivity contribution in [1.82, 2.24) is 9.78 Å². The van der Waals surface area contributed by atoms with Crippen LogP contribution < -0.4 is 0 Å². The third-order valence-electron chi connectivity index (χ3n) is 4.29. The van der Waals surface area contributed by atoms with Gasteiger partial charge in [0.05, 0.1) is 11.3 Å². The number of hydrogen-bond donors (Lipinski definition) is 1. The Morgan fingerprint density at radius 3 is 2.85 bits per heavy atom. The van der Waals surface area contributed by atoms with E-state index < -0.39 is 5.60 Å². The highest BCUT2D eigenvalue weighted by molar-refractivity contribution is 6.30. The molecule has 1 aromatic heterocycles. The van der Waals surface area contributed by atoms with Crippen molar-refractivity contribution in [2.75, 3.05) is 0 Å². The minimum atomic E-state index is -0.827. The van der Waals surface area contributed by atoms with Gasteiger partial charge in [-0.05, 0) is 37.3 Å². The maximum absolute atomic E-state index is 11.1. The number of nitrogens with zero attached hydrogens (tertiary/aromatic N) is 2. The zero-order chi connectivity index (χ0) is 14.3. The summed E-state index contributed by atoms with van der Waals surface area (Å²) in [5, 5.41) is 16.1. The second-order valence-corrected chi connectivity index (χ2v) is 6.06. The molecule has 0 saturated carbocycles. The number of aryl methyl sites for hydroxylation is 3. The molecule has 1 aliphatic rings. The molecule has 3 rings (SSSR count). The number of rotatable bonds is 2. The topological polar surface area (TPSA) is 38.0 Å². The Kier molecular flexibility index (Phi) is 3.35. The van der Waals surface area contributed by atoms with Crippen molar-refractivity contribution < 1.29 is 5.11 Å². The molecule has 2 aromatic rings. The molecule has 106 valence electrons. The van der Waals surface area contributed by atoms with E-state index in [0.29, 0.717) is 11.6 Å². The van der Waals surface area contributed by atoms with Crippen LogP contribution in [0.3, 0.4) is 0 Å². The summed E-state index contributed by atoms with van der Waals surface area (Å²) in [6, 6.07) is 8.17. The largest absolute Gasteiger partial charge is 0.385 e.